The third-order valence-corrected chi connectivity index (χ3v) is 9.13. The van der Waals surface area contributed by atoms with Crippen molar-refractivity contribution in [3.05, 3.63) is 0 Å². The largest absolute Gasteiger partial charge is 0.458 e. The van der Waals surface area contributed by atoms with Crippen molar-refractivity contribution in [3.8, 4) is 0 Å². The molecule has 0 saturated heterocycles. The van der Waals surface area contributed by atoms with Crippen molar-refractivity contribution in [2.75, 3.05) is 5.75 Å². The minimum Gasteiger partial charge on any atom is -0.458 e. The van der Waals surface area contributed by atoms with Crippen LogP contribution in [0.1, 0.15) is 208 Å². The number of amides is 1. The van der Waals surface area contributed by atoms with Gasteiger partial charge in [-0.3, -0.25) is 9.59 Å². The number of hydrogen-bond acceptors (Lipinski definition) is 5. The Kier molecular flexibility index (Phi) is 29.6. The minimum absolute atomic E-state index is 0.0146. The van der Waals surface area contributed by atoms with Gasteiger partial charge in [0.25, 0.3) is 0 Å². The average Bonchev–Trinajstić information content (AvgIpc) is 2.99. The van der Waals surface area contributed by atoms with Crippen molar-refractivity contribution in [1.29, 1.82) is 0 Å². The van der Waals surface area contributed by atoms with E-state index in [1.807, 2.05) is 0 Å². The molecule has 2 atom stereocenters. The van der Waals surface area contributed by atoms with Gasteiger partial charge in [-0.05, 0) is 33.6 Å². The van der Waals surface area contributed by atoms with Crippen molar-refractivity contribution in [1.82, 2.24) is 5.32 Å². The summed E-state index contributed by atoms with van der Waals surface area (Å²) in [5.41, 5.74) is -0.651. The lowest BCUT2D eigenvalue weighted by atomic mass is 9.91. The number of carbonyl (C=O) groups is 3. The molecule has 1 amide bonds. The summed E-state index contributed by atoms with van der Waals surface area (Å²) in [5.74, 6) is -1.39. The number of hydrogen-bond donors (Lipinski definition) is 2. The second-order valence-electron chi connectivity index (χ2n) is 14.5. The molecule has 2 unspecified atom stereocenters. The number of ketones is 1. The van der Waals surface area contributed by atoms with Crippen LogP contribution in [0.15, 0.2) is 0 Å². The summed E-state index contributed by atoms with van der Waals surface area (Å²) in [6.45, 7) is 9.93. The first-order chi connectivity index (χ1) is 21.7. The quantitative estimate of drug-likeness (QED) is 0.0328. The van der Waals surface area contributed by atoms with Crippen LogP contribution in [0.2, 0.25) is 0 Å². The van der Waals surface area contributed by atoms with Crippen molar-refractivity contribution in [3.63, 3.8) is 0 Å². The highest BCUT2D eigenvalue weighted by molar-refractivity contribution is 7.80. The van der Waals surface area contributed by atoms with Crippen LogP contribution < -0.4 is 5.32 Å². The Bertz CT molecular complexity index is 720. The molecule has 0 bridgehead atoms. The Morgan fingerprint density at radius 2 is 0.933 bits per heavy atom. The van der Waals surface area contributed by atoms with Crippen molar-refractivity contribution >= 4 is 30.3 Å². The molecule has 0 rings (SSSR count). The molecule has 6 heteroatoms. The molecule has 5 nitrogen and oxygen atoms in total. The molecule has 0 fully saturated rings. The van der Waals surface area contributed by atoms with Gasteiger partial charge in [0.05, 0.1) is 5.92 Å². The third-order valence-electron chi connectivity index (χ3n) is 8.77. The van der Waals surface area contributed by atoms with Crippen LogP contribution in [0.5, 0.6) is 0 Å². The smallest absolute Gasteiger partial charge is 0.330 e. The lowest BCUT2D eigenvalue weighted by Crippen LogP contribution is -2.48. The summed E-state index contributed by atoms with van der Waals surface area (Å²) < 4.78 is 5.47. The topological polar surface area (TPSA) is 72.5 Å². The predicted molar refractivity (Wildman–Crippen MR) is 196 cm³/mol. The van der Waals surface area contributed by atoms with Gasteiger partial charge in [-0.15, -0.1) is 0 Å². The minimum atomic E-state index is -0.853. The van der Waals surface area contributed by atoms with Crippen LogP contribution in [0.3, 0.4) is 0 Å². The Morgan fingerprint density at radius 1 is 0.578 bits per heavy atom. The first-order valence-corrected chi connectivity index (χ1v) is 20.0. The summed E-state index contributed by atoms with van der Waals surface area (Å²) in [4.78, 5) is 39.2. The molecule has 0 radical (unpaired) electrons. The number of unbranched alkanes of at least 4 members (excludes halogenated alkanes) is 23. The molecule has 0 aliphatic rings. The summed E-state index contributed by atoms with van der Waals surface area (Å²) in [5, 5.41) is 2.80. The van der Waals surface area contributed by atoms with Crippen LogP contribution in [-0.2, 0) is 19.1 Å². The van der Waals surface area contributed by atoms with E-state index in [2.05, 4.69) is 31.8 Å². The van der Waals surface area contributed by atoms with Crippen LogP contribution in [0.25, 0.3) is 0 Å². The van der Waals surface area contributed by atoms with E-state index in [0.29, 0.717) is 12.8 Å². The van der Waals surface area contributed by atoms with Crippen LogP contribution in [0.4, 0.5) is 0 Å². The number of ether oxygens (including phenoxy) is 1. The maximum absolute atomic E-state index is 13.3. The fraction of sp³-hybridized carbons (Fsp3) is 0.923. The molecule has 0 saturated carbocycles. The van der Waals surface area contributed by atoms with Gasteiger partial charge in [0.2, 0.25) is 5.91 Å². The molecule has 45 heavy (non-hydrogen) atoms. The van der Waals surface area contributed by atoms with Gasteiger partial charge >= 0.3 is 5.97 Å². The van der Waals surface area contributed by atoms with Crippen LogP contribution in [0, 0.1) is 5.92 Å². The fourth-order valence-corrected chi connectivity index (χ4v) is 6.18. The molecule has 1 N–H and O–H groups in total. The van der Waals surface area contributed by atoms with Gasteiger partial charge in [-0.25, -0.2) is 4.79 Å². The summed E-state index contributed by atoms with van der Waals surface area (Å²) in [6, 6.07) is -0.853. The van der Waals surface area contributed by atoms with E-state index in [0.717, 1.165) is 38.5 Å². The number of rotatable bonds is 32. The summed E-state index contributed by atoms with van der Waals surface area (Å²) in [7, 11) is 0. The Hall–Kier alpha value is -1.04. The van der Waals surface area contributed by atoms with Gasteiger partial charge in [0, 0.05) is 12.2 Å². The van der Waals surface area contributed by atoms with Crippen molar-refractivity contribution in [2.24, 2.45) is 5.92 Å². The van der Waals surface area contributed by atoms with E-state index in [9.17, 15) is 14.4 Å². The number of carbonyl (C=O) groups excluding carboxylic acids is 3. The second-order valence-corrected chi connectivity index (χ2v) is 14.8. The molecule has 0 aromatic carbocycles. The molecular formula is C39H75NO4S. The first kappa shape index (κ1) is 44.0. The fourth-order valence-electron chi connectivity index (χ4n) is 5.94. The van der Waals surface area contributed by atoms with Gasteiger partial charge in [0.1, 0.15) is 17.4 Å². The van der Waals surface area contributed by atoms with E-state index in [4.69, 9.17) is 4.74 Å². The molecule has 0 aliphatic heterocycles. The normalized spacial score (nSPS) is 13.0. The highest BCUT2D eigenvalue weighted by Crippen LogP contribution is 2.20. The maximum atomic E-state index is 13.3. The zero-order chi connectivity index (χ0) is 33.6. The Labute approximate surface area is 285 Å². The van der Waals surface area contributed by atoms with Gasteiger partial charge in [-0.2, -0.15) is 12.6 Å². The molecule has 0 aliphatic carbocycles. The van der Waals surface area contributed by atoms with E-state index in [-0.39, 0.29) is 17.4 Å². The van der Waals surface area contributed by atoms with Crippen molar-refractivity contribution in [2.45, 2.75) is 220 Å². The summed E-state index contributed by atoms with van der Waals surface area (Å²) in [6.07, 6.45) is 32.3. The monoisotopic (exact) mass is 654 g/mol. The molecule has 0 aromatic heterocycles. The Morgan fingerprint density at radius 3 is 1.29 bits per heavy atom. The van der Waals surface area contributed by atoms with Crippen molar-refractivity contribution < 1.29 is 19.1 Å². The standard InChI is InChI=1S/C39H75NO4S/c1-6-8-10-12-14-16-18-20-22-24-26-28-30-32-36(41)34(37(42)40-35(33-45)38(43)44-39(3,4)5)31-29-27-25-23-21-19-17-15-13-11-9-7-2/h34-35,45H,6-33H2,1-5H3,(H,40,42). The van der Waals surface area contributed by atoms with E-state index >= 15 is 0 Å². The lowest BCUT2D eigenvalue weighted by molar-refractivity contribution is -0.158. The predicted octanol–water partition coefficient (Wildman–Crippen LogP) is 11.5. The van der Waals surface area contributed by atoms with Gasteiger partial charge < -0.3 is 10.1 Å². The lowest BCUT2D eigenvalue weighted by Gasteiger charge is -2.25. The van der Waals surface area contributed by atoms with E-state index < -0.39 is 23.5 Å². The maximum Gasteiger partial charge on any atom is 0.330 e. The average molecular weight is 654 g/mol. The number of nitrogens with one attached hydrogen (secondary N) is 1. The van der Waals surface area contributed by atoms with E-state index in [1.54, 1.807) is 20.8 Å². The number of thiol groups is 1. The molecule has 0 spiro atoms. The highest BCUT2D eigenvalue weighted by atomic mass is 32.1. The first-order valence-electron chi connectivity index (χ1n) is 19.3. The third kappa shape index (κ3) is 27.8. The summed E-state index contributed by atoms with van der Waals surface area (Å²) >= 11 is 4.29. The van der Waals surface area contributed by atoms with E-state index in [1.165, 1.54) is 122 Å². The zero-order valence-electron chi connectivity index (χ0n) is 30.5. The molecule has 0 aromatic rings. The highest BCUT2D eigenvalue weighted by Gasteiger charge is 2.31. The Balaban J connectivity index is 4.54. The molecule has 0 heterocycles. The molecule has 266 valence electrons. The number of esters is 1. The van der Waals surface area contributed by atoms with Gasteiger partial charge in [-0.1, -0.05) is 168 Å². The SMILES string of the molecule is CCCCCCCCCCCCCCCC(=O)C(CCCCCCCCCCCCCC)C(=O)NC(CS)C(=O)OC(C)(C)C. The molecular weight excluding hydrogens is 578 g/mol. The second kappa shape index (κ2) is 30.3. The van der Waals surface area contributed by atoms with Crippen LogP contribution >= 0.6 is 12.6 Å². The van der Waals surface area contributed by atoms with Gasteiger partial charge in [0.15, 0.2) is 0 Å². The zero-order valence-corrected chi connectivity index (χ0v) is 31.4. The number of Topliss-reactive ketones (excluding diaryl/α,β-unsaturated/α-hetero) is 1. The van der Waals surface area contributed by atoms with Crippen LogP contribution in [-0.4, -0.2) is 35.1 Å².